The summed E-state index contributed by atoms with van der Waals surface area (Å²) in [7, 11) is 2.14. The highest BCUT2D eigenvalue weighted by Crippen LogP contribution is 2.19. The number of urea groups is 1. The van der Waals surface area contributed by atoms with Gasteiger partial charge in [0, 0.05) is 37.7 Å². The normalized spacial score (nSPS) is 15.6. The number of carbonyl (C=O) groups excluding carboxylic acids is 1. The van der Waals surface area contributed by atoms with Crippen LogP contribution in [0.3, 0.4) is 0 Å². The van der Waals surface area contributed by atoms with E-state index >= 15 is 0 Å². The van der Waals surface area contributed by atoms with Gasteiger partial charge in [0.05, 0.1) is 0 Å². The maximum absolute atomic E-state index is 11.9. The number of hydrogen-bond acceptors (Lipinski definition) is 4. The lowest BCUT2D eigenvalue weighted by Gasteiger charge is -2.29. The topological polar surface area (TPSA) is 66.5 Å². The zero-order chi connectivity index (χ0) is 17.5. The standard InChI is InChI=1S/C19H24N4O2/c1-23-12-8-18(9-13-23)25-17-4-2-15(3-5-17)14-21-19(24)22-16-6-10-20-11-7-16/h2-7,10-11,18H,8-9,12-14H2,1H3,(H2,20,21,22,24). The highest BCUT2D eigenvalue weighted by molar-refractivity contribution is 5.88. The smallest absolute Gasteiger partial charge is 0.319 e. The summed E-state index contributed by atoms with van der Waals surface area (Å²) in [4.78, 5) is 18.1. The van der Waals surface area contributed by atoms with Gasteiger partial charge in [-0.3, -0.25) is 4.98 Å². The van der Waals surface area contributed by atoms with Gasteiger partial charge in [0.15, 0.2) is 0 Å². The van der Waals surface area contributed by atoms with Crippen molar-refractivity contribution >= 4 is 11.7 Å². The summed E-state index contributed by atoms with van der Waals surface area (Å²) in [5.41, 5.74) is 1.75. The van der Waals surface area contributed by atoms with Crippen molar-refractivity contribution < 1.29 is 9.53 Å². The maximum Gasteiger partial charge on any atom is 0.319 e. The average molecular weight is 340 g/mol. The Balaban J connectivity index is 1.43. The largest absolute Gasteiger partial charge is 0.490 e. The number of rotatable bonds is 5. The number of likely N-dealkylation sites (tertiary alicyclic amines) is 1. The first-order chi connectivity index (χ1) is 12.2. The summed E-state index contributed by atoms with van der Waals surface area (Å²) >= 11 is 0. The minimum Gasteiger partial charge on any atom is -0.490 e. The van der Waals surface area contributed by atoms with Crippen LogP contribution >= 0.6 is 0 Å². The molecule has 2 amide bonds. The minimum atomic E-state index is -0.238. The number of aromatic nitrogens is 1. The average Bonchev–Trinajstić information content (AvgIpc) is 2.64. The maximum atomic E-state index is 11.9. The lowest BCUT2D eigenvalue weighted by molar-refractivity contribution is 0.114. The number of amides is 2. The van der Waals surface area contributed by atoms with Crippen molar-refractivity contribution in [1.82, 2.24) is 15.2 Å². The molecule has 2 N–H and O–H groups in total. The van der Waals surface area contributed by atoms with Crippen LogP contribution in [0.4, 0.5) is 10.5 Å². The predicted octanol–water partition coefficient (Wildman–Crippen LogP) is 2.88. The first-order valence-corrected chi connectivity index (χ1v) is 8.58. The molecular weight excluding hydrogens is 316 g/mol. The highest BCUT2D eigenvalue weighted by atomic mass is 16.5. The zero-order valence-corrected chi connectivity index (χ0v) is 14.4. The van der Waals surface area contributed by atoms with Crippen molar-refractivity contribution in [2.45, 2.75) is 25.5 Å². The Morgan fingerprint density at radius 2 is 1.84 bits per heavy atom. The van der Waals surface area contributed by atoms with E-state index in [9.17, 15) is 4.79 Å². The van der Waals surface area contributed by atoms with E-state index in [0.29, 0.717) is 12.6 Å². The molecule has 0 spiro atoms. The van der Waals surface area contributed by atoms with Crippen LogP contribution in [0, 0.1) is 0 Å². The summed E-state index contributed by atoms with van der Waals surface area (Å²) < 4.78 is 6.03. The third-order valence-corrected chi connectivity index (χ3v) is 4.28. The summed E-state index contributed by atoms with van der Waals surface area (Å²) in [5.74, 6) is 0.888. The SMILES string of the molecule is CN1CCC(Oc2ccc(CNC(=O)Nc3ccncc3)cc2)CC1. The number of hydrogen-bond donors (Lipinski definition) is 2. The quantitative estimate of drug-likeness (QED) is 0.878. The Kier molecular flexibility index (Phi) is 5.85. The van der Waals surface area contributed by atoms with E-state index in [0.717, 1.165) is 42.9 Å². The predicted molar refractivity (Wildman–Crippen MR) is 97.7 cm³/mol. The number of carbonyl (C=O) groups is 1. The van der Waals surface area contributed by atoms with Crippen LogP contribution in [0.25, 0.3) is 0 Å². The molecule has 25 heavy (non-hydrogen) atoms. The molecule has 132 valence electrons. The molecule has 2 aromatic rings. The second-order valence-electron chi connectivity index (χ2n) is 6.31. The molecule has 1 aliphatic rings. The van der Waals surface area contributed by atoms with Crippen molar-refractivity contribution in [3.63, 3.8) is 0 Å². The van der Waals surface area contributed by atoms with Gasteiger partial charge in [-0.2, -0.15) is 0 Å². The van der Waals surface area contributed by atoms with E-state index in [-0.39, 0.29) is 6.03 Å². The van der Waals surface area contributed by atoms with Crippen LogP contribution in [0.2, 0.25) is 0 Å². The molecule has 1 saturated heterocycles. The fraction of sp³-hybridized carbons (Fsp3) is 0.368. The highest BCUT2D eigenvalue weighted by Gasteiger charge is 2.17. The second kappa shape index (κ2) is 8.48. The summed E-state index contributed by atoms with van der Waals surface area (Å²) in [5, 5.41) is 5.60. The van der Waals surface area contributed by atoms with Crippen molar-refractivity contribution in [1.29, 1.82) is 0 Å². The number of benzene rings is 1. The number of piperidine rings is 1. The molecule has 1 fully saturated rings. The van der Waals surface area contributed by atoms with Crippen LogP contribution in [-0.4, -0.2) is 42.2 Å². The van der Waals surface area contributed by atoms with Crippen LogP contribution in [0.5, 0.6) is 5.75 Å². The monoisotopic (exact) mass is 340 g/mol. The van der Waals surface area contributed by atoms with Gasteiger partial charge >= 0.3 is 6.03 Å². The number of anilines is 1. The van der Waals surface area contributed by atoms with Crippen LogP contribution in [0.15, 0.2) is 48.8 Å². The van der Waals surface area contributed by atoms with Gasteiger partial charge in [-0.1, -0.05) is 12.1 Å². The molecule has 0 radical (unpaired) electrons. The van der Waals surface area contributed by atoms with Crippen molar-refractivity contribution in [2.75, 3.05) is 25.5 Å². The Hall–Kier alpha value is -2.60. The molecular formula is C19H24N4O2. The first kappa shape index (κ1) is 17.2. The van der Waals surface area contributed by atoms with Gasteiger partial charge in [0.1, 0.15) is 11.9 Å². The fourth-order valence-electron chi connectivity index (χ4n) is 2.77. The molecule has 1 aromatic heterocycles. The van der Waals surface area contributed by atoms with E-state index in [1.54, 1.807) is 24.5 Å². The van der Waals surface area contributed by atoms with Crippen molar-refractivity contribution in [2.24, 2.45) is 0 Å². The molecule has 2 heterocycles. The van der Waals surface area contributed by atoms with E-state index in [2.05, 4.69) is 27.6 Å². The van der Waals surface area contributed by atoms with Gasteiger partial charge in [-0.25, -0.2) is 4.79 Å². The van der Waals surface area contributed by atoms with E-state index < -0.39 is 0 Å². The van der Waals surface area contributed by atoms with E-state index in [1.165, 1.54) is 0 Å². The summed E-state index contributed by atoms with van der Waals surface area (Å²) in [6, 6.07) is 11.2. The van der Waals surface area contributed by atoms with E-state index in [4.69, 9.17) is 4.74 Å². The summed E-state index contributed by atoms with van der Waals surface area (Å²) in [6.07, 6.45) is 5.70. The molecule has 6 heteroatoms. The van der Waals surface area contributed by atoms with Crippen molar-refractivity contribution in [3.8, 4) is 5.75 Å². The number of pyridine rings is 1. The molecule has 3 rings (SSSR count). The molecule has 0 aliphatic carbocycles. The Morgan fingerprint density at radius 3 is 2.52 bits per heavy atom. The third-order valence-electron chi connectivity index (χ3n) is 4.28. The van der Waals surface area contributed by atoms with Crippen LogP contribution in [-0.2, 0) is 6.54 Å². The van der Waals surface area contributed by atoms with Crippen LogP contribution < -0.4 is 15.4 Å². The Bertz CT molecular complexity index is 668. The Labute approximate surface area is 148 Å². The zero-order valence-electron chi connectivity index (χ0n) is 14.4. The molecule has 1 aromatic carbocycles. The fourth-order valence-corrected chi connectivity index (χ4v) is 2.77. The Morgan fingerprint density at radius 1 is 1.16 bits per heavy atom. The molecule has 0 atom stereocenters. The van der Waals surface area contributed by atoms with Gasteiger partial charge in [-0.05, 0) is 49.7 Å². The van der Waals surface area contributed by atoms with Gasteiger partial charge < -0.3 is 20.3 Å². The van der Waals surface area contributed by atoms with Gasteiger partial charge in [-0.15, -0.1) is 0 Å². The minimum absolute atomic E-state index is 0.238. The van der Waals surface area contributed by atoms with Crippen molar-refractivity contribution in [3.05, 3.63) is 54.4 Å². The molecule has 0 saturated carbocycles. The van der Waals surface area contributed by atoms with E-state index in [1.807, 2.05) is 24.3 Å². The molecule has 6 nitrogen and oxygen atoms in total. The summed E-state index contributed by atoms with van der Waals surface area (Å²) in [6.45, 7) is 2.63. The first-order valence-electron chi connectivity index (χ1n) is 8.58. The number of nitrogens with one attached hydrogen (secondary N) is 2. The van der Waals surface area contributed by atoms with Gasteiger partial charge in [0.25, 0.3) is 0 Å². The lowest BCUT2D eigenvalue weighted by atomic mass is 10.1. The number of ether oxygens (including phenoxy) is 1. The molecule has 0 unspecified atom stereocenters. The second-order valence-corrected chi connectivity index (χ2v) is 6.31. The lowest BCUT2D eigenvalue weighted by Crippen LogP contribution is -2.35. The molecule has 0 bridgehead atoms. The molecule has 1 aliphatic heterocycles. The number of nitrogens with zero attached hydrogens (tertiary/aromatic N) is 2. The van der Waals surface area contributed by atoms with Gasteiger partial charge in [0.2, 0.25) is 0 Å². The van der Waals surface area contributed by atoms with Crippen LogP contribution in [0.1, 0.15) is 18.4 Å². The third kappa shape index (κ3) is 5.46.